The number of fused-ring (bicyclic) bond motifs is 1. The highest BCUT2D eigenvalue weighted by molar-refractivity contribution is 9.10. The first-order valence-electron chi connectivity index (χ1n) is 5.86. The average molecular weight is 360 g/mol. The molecule has 0 radical (unpaired) electrons. The summed E-state index contributed by atoms with van der Waals surface area (Å²) in [5, 5.41) is 0. The van der Waals surface area contributed by atoms with Gasteiger partial charge in [0.2, 0.25) is 0 Å². The molecule has 1 unspecified atom stereocenters. The van der Waals surface area contributed by atoms with E-state index >= 15 is 0 Å². The minimum absolute atomic E-state index is 0.0422. The molecule has 18 heavy (non-hydrogen) atoms. The van der Waals surface area contributed by atoms with Gasteiger partial charge in [-0.05, 0) is 52.7 Å². The summed E-state index contributed by atoms with van der Waals surface area (Å²) >= 11 is 9.29. The molecule has 0 aromatic carbocycles. The number of halogens is 1. The van der Waals surface area contributed by atoms with Gasteiger partial charge in [-0.15, -0.1) is 22.7 Å². The Morgan fingerprint density at radius 2 is 2.06 bits per heavy atom. The summed E-state index contributed by atoms with van der Waals surface area (Å²) in [6, 6.07) is 4.53. The molecule has 5 heteroatoms. The number of hydrogen-bond acceptors (Lipinski definition) is 4. The molecular weight excluding hydrogens is 346 g/mol. The van der Waals surface area contributed by atoms with Crippen LogP contribution < -0.4 is 5.73 Å². The standard InChI is InChI=1S/C13H14BrNS3/c1-7-9(14)5-12(17-7)13(15)11-4-8-6-16-3-2-10(8)18-11/h4-5,13H,2-3,6,15H2,1H3. The summed E-state index contributed by atoms with van der Waals surface area (Å²) < 4.78 is 1.18. The molecule has 0 fully saturated rings. The lowest BCUT2D eigenvalue weighted by molar-refractivity contribution is 0.915. The highest BCUT2D eigenvalue weighted by Gasteiger charge is 2.19. The molecule has 0 amide bonds. The largest absolute Gasteiger partial charge is 0.319 e. The number of hydrogen-bond donors (Lipinski definition) is 1. The Balaban J connectivity index is 1.92. The monoisotopic (exact) mass is 359 g/mol. The summed E-state index contributed by atoms with van der Waals surface area (Å²) in [5.74, 6) is 2.41. The number of thioether (sulfide) groups is 1. The van der Waals surface area contributed by atoms with E-state index in [1.165, 1.54) is 36.8 Å². The van der Waals surface area contributed by atoms with Crippen molar-refractivity contribution >= 4 is 50.4 Å². The van der Waals surface area contributed by atoms with Crippen molar-refractivity contribution in [1.29, 1.82) is 0 Å². The van der Waals surface area contributed by atoms with E-state index in [0.717, 1.165) is 5.75 Å². The van der Waals surface area contributed by atoms with Crippen LogP contribution in [-0.2, 0) is 12.2 Å². The van der Waals surface area contributed by atoms with E-state index in [1.54, 1.807) is 16.2 Å². The zero-order valence-electron chi connectivity index (χ0n) is 10.0. The second-order valence-electron chi connectivity index (χ2n) is 4.43. The molecule has 2 aromatic rings. The maximum atomic E-state index is 6.40. The molecule has 0 saturated carbocycles. The van der Waals surface area contributed by atoms with E-state index in [9.17, 15) is 0 Å². The third-order valence-corrected chi connectivity index (χ3v) is 7.68. The molecule has 0 aliphatic carbocycles. The highest BCUT2D eigenvalue weighted by Crippen LogP contribution is 2.38. The molecule has 0 saturated heterocycles. The molecular formula is C13H14BrNS3. The van der Waals surface area contributed by atoms with E-state index in [0.29, 0.717) is 0 Å². The predicted octanol–water partition coefficient (Wildman–Crippen LogP) is 4.72. The zero-order valence-corrected chi connectivity index (χ0v) is 14.1. The molecule has 3 heterocycles. The van der Waals surface area contributed by atoms with Crippen molar-refractivity contribution in [1.82, 2.24) is 0 Å². The molecule has 2 N–H and O–H groups in total. The fourth-order valence-corrected chi connectivity index (χ4v) is 6.15. The molecule has 0 spiro atoms. The molecule has 2 aromatic heterocycles. The summed E-state index contributed by atoms with van der Waals surface area (Å²) in [6.07, 6.45) is 1.21. The first-order chi connectivity index (χ1) is 8.65. The van der Waals surface area contributed by atoms with Crippen LogP contribution in [0.1, 0.15) is 31.1 Å². The molecule has 1 nitrogen and oxygen atoms in total. The Hall–Kier alpha value is 0.190. The quantitative estimate of drug-likeness (QED) is 0.839. The Kier molecular flexibility index (Phi) is 3.87. The van der Waals surface area contributed by atoms with Crippen molar-refractivity contribution in [3.63, 3.8) is 0 Å². The molecule has 0 bridgehead atoms. The van der Waals surface area contributed by atoms with E-state index in [1.807, 2.05) is 23.1 Å². The normalized spacial score (nSPS) is 16.6. The fourth-order valence-electron chi connectivity index (χ4n) is 2.10. The first-order valence-corrected chi connectivity index (χ1v) is 9.44. The van der Waals surface area contributed by atoms with Crippen LogP contribution in [0.5, 0.6) is 0 Å². The lowest BCUT2D eigenvalue weighted by Crippen LogP contribution is -2.08. The van der Waals surface area contributed by atoms with Crippen molar-refractivity contribution in [2.75, 3.05) is 5.75 Å². The van der Waals surface area contributed by atoms with Crippen LogP contribution in [0.25, 0.3) is 0 Å². The van der Waals surface area contributed by atoms with Gasteiger partial charge in [0, 0.05) is 29.7 Å². The molecule has 1 aliphatic heterocycles. The van der Waals surface area contributed by atoms with Crippen LogP contribution in [0, 0.1) is 6.92 Å². The number of nitrogens with two attached hydrogens (primary N) is 1. The van der Waals surface area contributed by atoms with E-state index in [4.69, 9.17) is 5.73 Å². The number of thiophene rings is 2. The van der Waals surface area contributed by atoms with Gasteiger partial charge < -0.3 is 5.73 Å². The summed E-state index contributed by atoms with van der Waals surface area (Å²) in [6.45, 7) is 2.13. The molecule has 96 valence electrons. The van der Waals surface area contributed by atoms with Gasteiger partial charge in [-0.2, -0.15) is 11.8 Å². The van der Waals surface area contributed by atoms with Gasteiger partial charge in [0.1, 0.15) is 0 Å². The first kappa shape index (κ1) is 13.2. The second kappa shape index (κ2) is 5.29. The average Bonchev–Trinajstić information content (AvgIpc) is 2.93. The smallest absolute Gasteiger partial charge is 0.0740 e. The Labute approximate surface area is 128 Å². The van der Waals surface area contributed by atoms with E-state index < -0.39 is 0 Å². The lowest BCUT2D eigenvalue weighted by Gasteiger charge is -2.08. The Morgan fingerprint density at radius 1 is 1.28 bits per heavy atom. The zero-order chi connectivity index (χ0) is 12.7. The Morgan fingerprint density at radius 3 is 2.72 bits per heavy atom. The van der Waals surface area contributed by atoms with Crippen LogP contribution >= 0.6 is 50.4 Å². The van der Waals surface area contributed by atoms with Crippen LogP contribution in [0.4, 0.5) is 0 Å². The highest BCUT2D eigenvalue weighted by atomic mass is 79.9. The van der Waals surface area contributed by atoms with Crippen LogP contribution in [0.3, 0.4) is 0 Å². The maximum Gasteiger partial charge on any atom is 0.0740 e. The third kappa shape index (κ3) is 2.43. The third-order valence-electron chi connectivity index (χ3n) is 3.14. The molecule has 1 atom stereocenters. The van der Waals surface area contributed by atoms with Crippen molar-refractivity contribution in [3.8, 4) is 0 Å². The molecule has 1 aliphatic rings. The van der Waals surface area contributed by atoms with Crippen molar-refractivity contribution in [2.45, 2.75) is 25.1 Å². The van der Waals surface area contributed by atoms with Crippen molar-refractivity contribution in [2.24, 2.45) is 5.73 Å². The van der Waals surface area contributed by atoms with Crippen LogP contribution in [-0.4, -0.2) is 5.75 Å². The van der Waals surface area contributed by atoms with E-state index in [-0.39, 0.29) is 6.04 Å². The number of rotatable bonds is 2. The minimum Gasteiger partial charge on any atom is -0.319 e. The van der Waals surface area contributed by atoms with Crippen LogP contribution in [0.2, 0.25) is 0 Å². The van der Waals surface area contributed by atoms with Crippen molar-refractivity contribution < 1.29 is 0 Å². The second-order valence-corrected chi connectivity index (χ2v) is 8.85. The molecule has 3 rings (SSSR count). The lowest BCUT2D eigenvalue weighted by atomic mass is 10.1. The number of aryl methyl sites for hydroxylation is 2. The summed E-state index contributed by atoms with van der Waals surface area (Å²) in [5.41, 5.74) is 7.91. The van der Waals surface area contributed by atoms with Crippen LogP contribution in [0.15, 0.2) is 16.6 Å². The van der Waals surface area contributed by atoms with E-state index in [2.05, 4.69) is 35.0 Å². The maximum absolute atomic E-state index is 6.40. The SMILES string of the molecule is Cc1sc(C(N)c2cc3c(s2)CCSC3)cc1Br. The predicted molar refractivity (Wildman–Crippen MR) is 87.0 cm³/mol. The Bertz CT molecular complexity index is 530. The van der Waals surface area contributed by atoms with Gasteiger partial charge in [-0.25, -0.2) is 0 Å². The topological polar surface area (TPSA) is 26.0 Å². The van der Waals surface area contributed by atoms with Gasteiger partial charge in [-0.1, -0.05) is 0 Å². The van der Waals surface area contributed by atoms with Gasteiger partial charge in [0.05, 0.1) is 6.04 Å². The minimum atomic E-state index is 0.0422. The van der Waals surface area contributed by atoms with Gasteiger partial charge in [0.25, 0.3) is 0 Å². The summed E-state index contributed by atoms with van der Waals surface area (Å²) in [4.78, 5) is 5.42. The van der Waals surface area contributed by atoms with Crippen molar-refractivity contribution in [3.05, 3.63) is 41.7 Å². The van der Waals surface area contributed by atoms with Gasteiger partial charge >= 0.3 is 0 Å². The van der Waals surface area contributed by atoms with Gasteiger partial charge in [-0.3, -0.25) is 0 Å². The summed E-state index contributed by atoms with van der Waals surface area (Å²) in [7, 11) is 0. The fraction of sp³-hybridized carbons (Fsp3) is 0.385. The van der Waals surface area contributed by atoms with Gasteiger partial charge in [0.15, 0.2) is 0 Å².